The Morgan fingerprint density at radius 2 is 1.74 bits per heavy atom. The first-order valence-corrected chi connectivity index (χ1v) is 9.75. The molecule has 0 bridgehead atoms. The van der Waals surface area contributed by atoms with Crippen molar-refractivity contribution in [2.45, 2.75) is 74.7 Å². The number of aliphatic hydroxyl groups is 4. The van der Waals surface area contributed by atoms with Gasteiger partial charge in [-0.2, -0.15) is 0 Å². The Balaban J connectivity index is 1.50. The third-order valence-electron chi connectivity index (χ3n) is 6.10. The lowest BCUT2D eigenvalue weighted by atomic mass is 9.88. The Hall–Kier alpha value is -1.06. The van der Waals surface area contributed by atoms with E-state index in [0.29, 0.717) is 6.42 Å². The molecule has 27 heavy (non-hydrogen) atoms. The number of hydrogen-bond donors (Lipinski definition) is 4. The van der Waals surface area contributed by atoms with Crippen LogP contribution in [0.5, 0.6) is 0 Å². The molecule has 0 spiro atoms. The standard InChI is InChI=1S/C20H28O7/c21-10-16-17(22)18(23)19(24)20(27-16)26-15-9-14(11-5-2-1-3-6-11)25-13-8-4-7-12(13)15/h1-3,5-6,12-24H,4,7-10H2/t12-,13-,14-,15-,16+,17+,18-,19+,20+/m1/s1. The van der Waals surface area contributed by atoms with Crippen molar-refractivity contribution < 1.29 is 34.6 Å². The van der Waals surface area contributed by atoms with E-state index in [1.54, 1.807) is 0 Å². The first kappa shape index (κ1) is 19.3. The second-order valence-electron chi connectivity index (χ2n) is 7.78. The highest BCUT2D eigenvalue weighted by Crippen LogP contribution is 2.44. The van der Waals surface area contributed by atoms with Crippen molar-refractivity contribution in [3.05, 3.63) is 35.9 Å². The fourth-order valence-corrected chi connectivity index (χ4v) is 4.59. The highest BCUT2D eigenvalue weighted by atomic mass is 16.7. The number of benzene rings is 1. The van der Waals surface area contributed by atoms with Crippen LogP contribution in [-0.4, -0.2) is 69.9 Å². The summed E-state index contributed by atoms with van der Waals surface area (Å²) in [6.45, 7) is -0.461. The molecule has 2 aliphatic heterocycles. The van der Waals surface area contributed by atoms with Crippen LogP contribution >= 0.6 is 0 Å². The third-order valence-corrected chi connectivity index (χ3v) is 6.10. The lowest BCUT2D eigenvalue weighted by Gasteiger charge is -2.44. The van der Waals surface area contributed by atoms with Crippen molar-refractivity contribution in [3.8, 4) is 0 Å². The zero-order chi connectivity index (χ0) is 19.0. The lowest BCUT2D eigenvalue weighted by Crippen LogP contribution is -2.60. The smallest absolute Gasteiger partial charge is 0.186 e. The molecule has 3 aliphatic rings. The average Bonchev–Trinajstić information content (AvgIpc) is 3.18. The predicted octanol–water partition coefficient (Wildman–Crippen LogP) is 0.502. The van der Waals surface area contributed by atoms with E-state index in [4.69, 9.17) is 14.2 Å². The fourth-order valence-electron chi connectivity index (χ4n) is 4.59. The summed E-state index contributed by atoms with van der Waals surface area (Å²) in [5.74, 6) is 0.206. The van der Waals surface area contributed by atoms with Gasteiger partial charge in [-0.05, 0) is 18.4 Å². The summed E-state index contributed by atoms with van der Waals surface area (Å²) in [7, 11) is 0. The molecule has 1 aliphatic carbocycles. The van der Waals surface area contributed by atoms with Crippen LogP contribution in [-0.2, 0) is 14.2 Å². The van der Waals surface area contributed by atoms with E-state index in [2.05, 4.69) is 0 Å². The maximum absolute atomic E-state index is 10.3. The topological polar surface area (TPSA) is 109 Å². The fraction of sp³-hybridized carbons (Fsp3) is 0.700. The van der Waals surface area contributed by atoms with Crippen LogP contribution in [0.2, 0.25) is 0 Å². The van der Waals surface area contributed by atoms with Crippen molar-refractivity contribution in [2.75, 3.05) is 6.61 Å². The minimum atomic E-state index is -1.43. The average molecular weight is 380 g/mol. The van der Waals surface area contributed by atoms with Crippen LogP contribution in [0.25, 0.3) is 0 Å². The lowest BCUT2D eigenvalue weighted by molar-refractivity contribution is -0.323. The van der Waals surface area contributed by atoms with Gasteiger partial charge in [0.2, 0.25) is 0 Å². The van der Waals surface area contributed by atoms with Crippen LogP contribution in [0, 0.1) is 5.92 Å². The Morgan fingerprint density at radius 1 is 0.963 bits per heavy atom. The molecule has 1 saturated carbocycles. The van der Waals surface area contributed by atoms with E-state index < -0.39 is 37.3 Å². The van der Waals surface area contributed by atoms with E-state index in [0.717, 1.165) is 24.8 Å². The zero-order valence-corrected chi connectivity index (χ0v) is 15.1. The molecule has 0 radical (unpaired) electrons. The van der Waals surface area contributed by atoms with Gasteiger partial charge in [-0.15, -0.1) is 0 Å². The van der Waals surface area contributed by atoms with Gasteiger partial charge in [0.25, 0.3) is 0 Å². The quantitative estimate of drug-likeness (QED) is 0.602. The highest BCUT2D eigenvalue weighted by molar-refractivity contribution is 5.18. The number of hydrogen-bond acceptors (Lipinski definition) is 7. The maximum Gasteiger partial charge on any atom is 0.186 e. The van der Waals surface area contributed by atoms with Gasteiger partial charge >= 0.3 is 0 Å². The third kappa shape index (κ3) is 3.78. The van der Waals surface area contributed by atoms with E-state index in [9.17, 15) is 20.4 Å². The molecule has 1 aromatic carbocycles. The number of aliphatic hydroxyl groups excluding tert-OH is 4. The Labute approximate surface area is 158 Å². The van der Waals surface area contributed by atoms with Crippen LogP contribution < -0.4 is 0 Å². The molecule has 1 aromatic rings. The highest BCUT2D eigenvalue weighted by Gasteiger charge is 2.48. The molecule has 7 nitrogen and oxygen atoms in total. The molecule has 9 atom stereocenters. The summed E-state index contributed by atoms with van der Waals surface area (Å²) in [5.41, 5.74) is 1.09. The molecule has 0 unspecified atom stereocenters. The minimum absolute atomic E-state index is 0.0962. The molecular weight excluding hydrogens is 352 g/mol. The van der Waals surface area contributed by atoms with Crippen LogP contribution in [0.1, 0.15) is 37.4 Å². The van der Waals surface area contributed by atoms with Gasteiger partial charge in [0.15, 0.2) is 6.29 Å². The Bertz CT molecular complexity index is 610. The number of rotatable bonds is 4. The van der Waals surface area contributed by atoms with Crippen LogP contribution in [0.4, 0.5) is 0 Å². The van der Waals surface area contributed by atoms with Gasteiger partial charge in [0.1, 0.15) is 24.4 Å². The van der Waals surface area contributed by atoms with Crippen LogP contribution in [0.3, 0.4) is 0 Å². The van der Waals surface area contributed by atoms with E-state index in [-0.39, 0.29) is 24.2 Å². The van der Waals surface area contributed by atoms with E-state index in [1.807, 2.05) is 30.3 Å². The van der Waals surface area contributed by atoms with Crippen molar-refractivity contribution in [1.82, 2.24) is 0 Å². The monoisotopic (exact) mass is 380 g/mol. The second-order valence-corrected chi connectivity index (χ2v) is 7.78. The molecule has 0 amide bonds. The number of fused-ring (bicyclic) bond motifs is 1. The van der Waals surface area contributed by atoms with Crippen molar-refractivity contribution in [1.29, 1.82) is 0 Å². The molecule has 0 aromatic heterocycles. The van der Waals surface area contributed by atoms with Gasteiger partial charge in [-0.3, -0.25) is 0 Å². The van der Waals surface area contributed by atoms with Crippen molar-refractivity contribution in [2.24, 2.45) is 5.92 Å². The molecular formula is C20H28O7. The molecule has 4 rings (SSSR count). The van der Waals surface area contributed by atoms with Gasteiger partial charge in [-0.25, -0.2) is 0 Å². The largest absolute Gasteiger partial charge is 0.394 e. The van der Waals surface area contributed by atoms with Crippen LogP contribution in [0.15, 0.2) is 30.3 Å². The predicted molar refractivity (Wildman–Crippen MR) is 94.7 cm³/mol. The summed E-state index contributed by atoms with van der Waals surface area (Å²) >= 11 is 0. The molecule has 7 heteroatoms. The zero-order valence-electron chi connectivity index (χ0n) is 15.1. The van der Waals surface area contributed by atoms with Gasteiger partial charge < -0.3 is 34.6 Å². The molecule has 2 heterocycles. The van der Waals surface area contributed by atoms with Gasteiger partial charge in [0, 0.05) is 12.3 Å². The maximum atomic E-state index is 10.3. The summed E-state index contributed by atoms with van der Waals surface area (Å²) < 4.78 is 18.0. The van der Waals surface area contributed by atoms with Gasteiger partial charge in [-0.1, -0.05) is 36.8 Å². The van der Waals surface area contributed by atoms with E-state index in [1.165, 1.54) is 0 Å². The Kier molecular flexibility index (Phi) is 5.80. The molecule has 2 saturated heterocycles. The summed E-state index contributed by atoms with van der Waals surface area (Å²) in [5, 5.41) is 39.7. The summed E-state index contributed by atoms with van der Waals surface area (Å²) in [4.78, 5) is 0. The van der Waals surface area contributed by atoms with Crippen molar-refractivity contribution >= 4 is 0 Å². The SMILES string of the molecule is OC[C@@H]1O[C@H](O[C@@H]2C[C@H](c3ccccc3)O[C@@H]3CCC[C@@H]23)[C@@H](O)[C@H](O)[C@H]1O. The first-order valence-electron chi connectivity index (χ1n) is 9.75. The first-order chi connectivity index (χ1) is 13.1. The van der Waals surface area contributed by atoms with Gasteiger partial charge in [0.05, 0.1) is 24.9 Å². The normalized spacial score (nSPS) is 44.8. The summed E-state index contributed by atoms with van der Waals surface area (Å²) in [6, 6.07) is 9.99. The Morgan fingerprint density at radius 3 is 2.48 bits per heavy atom. The second kappa shape index (κ2) is 8.13. The molecule has 150 valence electrons. The minimum Gasteiger partial charge on any atom is -0.394 e. The summed E-state index contributed by atoms with van der Waals surface area (Å²) in [6.07, 6.45) is -2.79. The molecule has 3 fully saturated rings. The van der Waals surface area contributed by atoms with Crippen molar-refractivity contribution in [3.63, 3.8) is 0 Å². The number of ether oxygens (including phenoxy) is 3. The molecule has 4 N–H and O–H groups in total. The van der Waals surface area contributed by atoms with E-state index >= 15 is 0 Å².